The van der Waals surface area contributed by atoms with E-state index in [-0.39, 0.29) is 25.0 Å². The van der Waals surface area contributed by atoms with Crippen molar-refractivity contribution in [2.45, 2.75) is 70.8 Å². The largest absolute Gasteiger partial charge is 0.444 e. The highest BCUT2D eigenvalue weighted by Crippen LogP contribution is 2.21. The SMILES string of the molecule is COCc1nnc([C@@H](O)[C@H](CCCCCO)NC(=O)OC(C)(C)C)o1. The Kier molecular flexibility index (Phi) is 8.81. The molecule has 0 saturated carbocycles. The molecule has 0 unspecified atom stereocenters. The predicted octanol–water partition coefficient (Wildman–Crippen LogP) is 1.70. The molecule has 0 radical (unpaired) electrons. The summed E-state index contributed by atoms with van der Waals surface area (Å²) in [4.78, 5) is 12.0. The van der Waals surface area contributed by atoms with E-state index in [9.17, 15) is 9.90 Å². The van der Waals surface area contributed by atoms with Gasteiger partial charge >= 0.3 is 6.09 Å². The summed E-state index contributed by atoms with van der Waals surface area (Å²) >= 11 is 0. The molecule has 144 valence electrons. The molecule has 9 heteroatoms. The Morgan fingerprint density at radius 3 is 2.60 bits per heavy atom. The first kappa shape index (κ1) is 21.3. The van der Waals surface area contributed by atoms with Gasteiger partial charge < -0.3 is 29.4 Å². The van der Waals surface area contributed by atoms with Crippen LogP contribution in [0.4, 0.5) is 4.79 Å². The quantitative estimate of drug-likeness (QED) is 0.539. The summed E-state index contributed by atoms with van der Waals surface area (Å²) in [5.41, 5.74) is -0.646. The fourth-order valence-electron chi connectivity index (χ4n) is 2.16. The van der Waals surface area contributed by atoms with Crippen LogP contribution < -0.4 is 5.32 Å². The number of aliphatic hydroxyl groups is 2. The van der Waals surface area contributed by atoms with E-state index in [1.807, 2.05) is 0 Å². The Labute approximate surface area is 147 Å². The molecule has 1 aromatic heterocycles. The van der Waals surface area contributed by atoms with Gasteiger partial charge in [-0.2, -0.15) is 0 Å². The highest BCUT2D eigenvalue weighted by Gasteiger charge is 2.29. The molecule has 0 saturated heterocycles. The molecule has 9 nitrogen and oxygen atoms in total. The van der Waals surface area contributed by atoms with E-state index in [1.165, 1.54) is 7.11 Å². The zero-order valence-corrected chi connectivity index (χ0v) is 15.3. The molecule has 0 aliphatic carbocycles. The maximum atomic E-state index is 12.0. The zero-order chi connectivity index (χ0) is 18.9. The number of ether oxygens (including phenoxy) is 2. The molecular weight excluding hydrogens is 330 g/mol. The molecule has 0 aliphatic rings. The first-order valence-electron chi connectivity index (χ1n) is 8.36. The standard InChI is InChI=1S/C16H29N3O6/c1-16(2,3)25-15(22)17-11(8-6-5-7-9-20)13(21)14-19-18-12(24-14)10-23-4/h11,13,20-21H,5-10H2,1-4H3,(H,17,22)/t11-,13-/m0/s1. The summed E-state index contributed by atoms with van der Waals surface area (Å²) in [5.74, 6) is 0.253. The van der Waals surface area contributed by atoms with E-state index in [1.54, 1.807) is 20.8 Å². The van der Waals surface area contributed by atoms with E-state index in [0.717, 1.165) is 6.42 Å². The average Bonchev–Trinajstić information content (AvgIpc) is 2.97. The number of hydrogen-bond donors (Lipinski definition) is 3. The number of unbranched alkanes of at least 4 members (excludes halogenated alkanes) is 2. The number of amides is 1. The normalized spacial score (nSPS) is 14.2. The van der Waals surface area contributed by atoms with Gasteiger partial charge in [0.25, 0.3) is 0 Å². The van der Waals surface area contributed by atoms with Gasteiger partial charge in [0.1, 0.15) is 12.2 Å². The smallest absolute Gasteiger partial charge is 0.407 e. The van der Waals surface area contributed by atoms with E-state index >= 15 is 0 Å². The topological polar surface area (TPSA) is 127 Å². The average molecular weight is 359 g/mol. The molecule has 2 atom stereocenters. The number of carbonyl (C=O) groups is 1. The minimum Gasteiger partial charge on any atom is -0.444 e. The van der Waals surface area contributed by atoms with Crippen LogP contribution in [0.2, 0.25) is 0 Å². The lowest BCUT2D eigenvalue weighted by atomic mass is 10.0. The van der Waals surface area contributed by atoms with Gasteiger partial charge in [0.15, 0.2) is 6.10 Å². The first-order valence-corrected chi connectivity index (χ1v) is 8.36. The molecule has 1 amide bonds. The summed E-state index contributed by atoms with van der Waals surface area (Å²) in [6, 6.07) is -0.649. The number of methoxy groups -OCH3 is 1. The van der Waals surface area contributed by atoms with Crippen molar-refractivity contribution < 1.29 is 28.9 Å². The molecule has 1 heterocycles. The maximum Gasteiger partial charge on any atom is 0.407 e. The minimum atomic E-state index is -1.17. The number of nitrogens with zero attached hydrogens (tertiary/aromatic N) is 2. The maximum absolute atomic E-state index is 12.0. The van der Waals surface area contributed by atoms with Crippen molar-refractivity contribution in [3.63, 3.8) is 0 Å². The third-order valence-corrected chi connectivity index (χ3v) is 3.26. The molecule has 0 bridgehead atoms. The van der Waals surface area contributed by atoms with Gasteiger partial charge in [-0.1, -0.05) is 12.8 Å². The Morgan fingerprint density at radius 2 is 2.00 bits per heavy atom. The van der Waals surface area contributed by atoms with Crippen LogP contribution in [0, 0.1) is 0 Å². The van der Waals surface area contributed by atoms with Crippen LogP contribution >= 0.6 is 0 Å². The molecular formula is C16H29N3O6. The van der Waals surface area contributed by atoms with E-state index in [0.29, 0.717) is 19.3 Å². The lowest BCUT2D eigenvalue weighted by Gasteiger charge is -2.25. The number of alkyl carbamates (subject to hydrolysis) is 1. The summed E-state index contributed by atoms with van der Waals surface area (Å²) in [5, 5.41) is 29.6. The van der Waals surface area contributed by atoms with Crippen molar-refractivity contribution >= 4 is 6.09 Å². The number of hydrogen-bond acceptors (Lipinski definition) is 8. The molecule has 1 rings (SSSR count). The summed E-state index contributed by atoms with van der Waals surface area (Å²) < 4.78 is 15.5. The van der Waals surface area contributed by atoms with Crippen molar-refractivity contribution in [1.29, 1.82) is 0 Å². The van der Waals surface area contributed by atoms with Gasteiger partial charge in [-0.15, -0.1) is 10.2 Å². The monoisotopic (exact) mass is 359 g/mol. The molecule has 25 heavy (non-hydrogen) atoms. The van der Waals surface area contributed by atoms with E-state index in [4.69, 9.17) is 19.0 Å². The summed E-state index contributed by atoms with van der Waals surface area (Å²) in [7, 11) is 1.49. The summed E-state index contributed by atoms with van der Waals surface area (Å²) in [6.45, 7) is 5.52. The number of aliphatic hydroxyl groups excluding tert-OH is 2. The lowest BCUT2D eigenvalue weighted by Crippen LogP contribution is -2.42. The van der Waals surface area contributed by atoms with E-state index in [2.05, 4.69) is 15.5 Å². The van der Waals surface area contributed by atoms with Crippen LogP contribution in [0.1, 0.15) is 64.3 Å². The second-order valence-corrected chi connectivity index (χ2v) is 6.74. The van der Waals surface area contributed by atoms with Crippen molar-refractivity contribution in [2.75, 3.05) is 13.7 Å². The van der Waals surface area contributed by atoms with Gasteiger partial charge in [-0.05, 0) is 33.6 Å². The van der Waals surface area contributed by atoms with Crippen LogP contribution in [-0.4, -0.2) is 51.9 Å². The van der Waals surface area contributed by atoms with Gasteiger partial charge in [0, 0.05) is 13.7 Å². The Morgan fingerprint density at radius 1 is 1.28 bits per heavy atom. The van der Waals surface area contributed by atoms with Crippen molar-refractivity contribution in [3.05, 3.63) is 11.8 Å². The van der Waals surface area contributed by atoms with Crippen LogP contribution in [0.3, 0.4) is 0 Å². The predicted molar refractivity (Wildman–Crippen MR) is 88.7 cm³/mol. The van der Waals surface area contributed by atoms with Crippen molar-refractivity contribution in [3.8, 4) is 0 Å². The fraction of sp³-hybridized carbons (Fsp3) is 0.812. The minimum absolute atomic E-state index is 0.00951. The number of carbonyl (C=O) groups excluding carboxylic acids is 1. The molecule has 0 aromatic carbocycles. The molecule has 3 N–H and O–H groups in total. The Hall–Kier alpha value is -1.71. The third kappa shape index (κ3) is 8.28. The zero-order valence-electron chi connectivity index (χ0n) is 15.3. The fourth-order valence-corrected chi connectivity index (χ4v) is 2.16. The molecule has 0 aliphatic heterocycles. The second-order valence-electron chi connectivity index (χ2n) is 6.74. The Balaban J connectivity index is 2.74. The van der Waals surface area contributed by atoms with Gasteiger partial charge in [-0.3, -0.25) is 0 Å². The second kappa shape index (κ2) is 10.3. The highest BCUT2D eigenvalue weighted by molar-refractivity contribution is 5.68. The van der Waals surface area contributed by atoms with E-state index < -0.39 is 23.8 Å². The van der Waals surface area contributed by atoms with Crippen molar-refractivity contribution in [1.82, 2.24) is 15.5 Å². The molecule has 1 aromatic rings. The molecule has 0 fully saturated rings. The van der Waals surface area contributed by atoms with Crippen LogP contribution in [-0.2, 0) is 16.1 Å². The van der Waals surface area contributed by atoms with Crippen LogP contribution in [0.15, 0.2) is 4.42 Å². The Bertz CT molecular complexity index is 514. The molecule has 0 spiro atoms. The number of rotatable bonds is 10. The van der Waals surface area contributed by atoms with Gasteiger partial charge in [0.2, 0.25) is 11.8 Å². The first-order chi connectivity index (χ1) is 11.8. The summed E-state index contributed by atoms with van der Waals surface area (Å²) in [6.07, 6.45) is 0.817. The number of aromatic nitrogens is 2. The number of nitrogens with one attached hydrogen (secondary N) is 1. The van der Waals surface area contributed by atoms with Gasteiger partial charge in [0.05, 0.1) is 6.04 Å². The highest BCUT2D eigenvalue weighted by atomic mass is 16.6. The van der Waals surface area contributed by atoms with Crippen LogP contribution in [0.5, 0.6) is 0 Å². The van der Waals surface area contributed by atoms with Crippen LogP contribution in [0.25, 0.3) is 0 Å². The van der Waals surface area contributed by atoms with Crippen molar-refractivity contribution in [2.24, 2.45) is 0 Å². The lowest BCUT2D eigenvalue weighted by molar-refractivity contribution is 0.0370. The van der Waals surface area contributed by atoms with Gasteiger partial charge in [-0.25, -0.2) is 4.79 Å². The third-order valence-electron chi connectivity index (χ3n) is 3.26.